The van der Waals surface area contributed by atoms with E-state index in [1.165, 1.54) is 16.7 Å². The van der Waals surface area contributed by atoms with Crippen molar-refractivity contribution in [3.8, 4) is 0 Å². The van der Waals surface area contributed by atoms with Gasteiger partial charge in [-0.15, -0.1) is 0 Å². The van der Waals surface area contributed by atoms with Gasteiger partial charge in [0.25, 0.3) is 0 Å². The number of benzene rings is 1. The Balaban J connectivity index is 0.00000225. The summed E-state index contributed by atoms with van der Waals surface area (Å²) in [6.45, 7) is 13.6. The molecule has 0 unspecified atom stereocenters. The van der Waals surface area contributed by atoms with E-state index in [4.69, 9.17) is 0 Å². The average Bonchev–Trinajstić information content (AvgIpc) is 2.16. The van der Waals surface area contributed by atoms with Crippen molar-refractivity contribution >= 4 is 18.9 Å². The third kappa shape index (κ3) is 4.00. The summed E-state index contributed by atoms with van der Waals surface area (Å²) in [4.78, 5) is 0. The molecule has 0 N–H and O–H groups in total. The van der Waals surface area contributed by atoms with Gasteiger partial charge in [0.1, 0.15) is 0 Å². The molecule has 0 spiro atoms. The summed E-state index contributed by atoms with van der Waals surface area (Å²) in [6.07, 6.45) is 0. The molecule has 0 heterocycles. The Hall–Kier alpha value is -0.183. The zero-order chi connectivity index (χ0) is 11.6. The molecular formula is C15H25Li. The number of hydrogen-bond donors (Lipinski definition) is 0. The Labute approximate surface area is 113 Å². The van der Waals surface area contributed by atoms with Gasteiger partial charge in [0.05, 0.1) is 0 Å². The zero-order valence-corrected chi connectivity index (χ0v) is 11.0. The van der Waals surface area contributed by atoms with Crippen molar-refractivity contribution in [2.24, 2.45) is 0 Å². The molecule has 0 atom stereocenters. The van der Waals surface area contributed by atoms with Gasteiger partial charge >= 0.3 is 18.9 Å². The van der Waals surface area contributed by atoms with Gasteiger partial charge in [-0.05, 0) is 34.4 Å². The Morgan fingerprint density at radius 3 is 0.875 bits per heavy atom. The summed E-state index contributed by atoms with van der Waals surface area (Å²) in [7, 11) is 0. The van der Waals surface area contributed by atoms with Gasteiger partial charge in [0.15, 0.2) is 0 Å². The molecule has 1 rings (SSSR count). The first-order valence-corrected chi connectivity index (χ1v) is 6.06. The molecule has 0 radical (unpaired) electrons. The van der Waals surface area contributed by atoms with Crippen molar-refractivity contribution in [3.63, 3.8) is 0 Å². The fraction of sp³-hybridized carbons (Fsp3) is 0.600. The molecule has 86 valence electrons. The van der Waals surface area contributed by atoms with E-state index in [1.54, 1.807) is 0 Å². The topological polar surface area (TPSA) is 0 Å². The molecule has 0 amide bonds. The third-order valence-corrected chi connectivity index (χ3v) is 3.00. The van der Waals surface area contributed by atoms with Gasteiger partial charge in [-0.1, -0.05) is 59.7 Å². The van der Waals surface area contributed by atoms with Crippen molar-refractivity contribution in [2.75, 3.05) is 0 Å². The van der Waals surface area contributed by atoms with Crippen LogP contribution >= 0.6 is 0 Å². The monoisotopic (exact) mass is 212 g/mol. The van der Waals surface area contributed by atoms with Crippen LogP contribution in [0.3, 0.4) is 0 Å². The minimum atomic E-state index is 0. The number of hydrogen-bond acceptors (Lipinski definition) is 0. The quantitative estimate of drug-likeness (QED) is 0.651. The van der Waals surface area contributed by atoms with Gasteiger partial charge in [0.2, 0.25) is 0 Å². The van der Waals surface area contributed by atoms with Crippen molar-refractivity contribution < 1.29 is 0 Å². The van der Waals surface area contributed by atoms with Gasteiger partial charge in [-0.3, -0.25) is 0 Å². The van der Waals surface area contributed by atoms with Crippen molar-refractivity contribution in [1.29, 1.82) is 0 Å². The van der Waals surface area contributed by atoms with Crippen LogP contribution < -0.4 is 0 Å². The Morgan fingerprint density at radius 1 is 0.562 bits per heavy atom. The minimum absolute atomic E-state index is 0. The second-order valence-corrected chi connectivity index (χ2v) is 5.40. The van der Waals surface area contributed by atoms with Crippen molar-refractivity contribution in [3.05, 3.63) is 34.9 Å². The van der Waals surface area contributed by atoms with Crippen molar-refractivity contribution in [1.82, 2.24) is 0 Å². The summed E-state index contributed by atoms with van der Waals surface area (Å²) in [5.41, 5.74) is 4.43. The third-order valence-electron chi connectivity index (χ3n) is 3.00. The van der Waals surface area contributed by atoms with Crippen LogP contribution in [0.5, 0.6) is 0 Å². The van der Waals surface area contributed by atoms with E-state index >= 15 is 0 Å². The molecule has 0 fully saturated rings. The van der Waals surface area contributed by atoms with Crippen molar-refractivity contribution in [2.45, 2.75) is 59.3 Å². The van der Waals surface area contributed by atoms with E-state index in [2.05, 4.69) is 59.7 Å². The van der Waals surface area contributed by atoms with Crippen LogP contribution in [-0.2, 0) is 0 Å². The Kier molecular flexibility index (Phi) is 6.45. The average molecular weight is 212 g/mol. The summed E-state index contributed by atoms with van der Waals surface area (Å²) in [5.74, 6) is 1.88. The summed E-state index contributed by atoms with van der Waals surface area (Å²) >= 11 is 0. The summed E-state index contributed by atoms with van der Waals surface area (Å²) in [6, 6.07) is 7.09. The fourth-order valence-corrected chi connectivity index (χ4v) is 1.70. The van der Waals surface area contributed by atoms with E-state index in [0.717, 1.165) is 0 Å². The van der Waals surface area contributed by atoms with E-state index in [9.17, 15) is 0 Å². The maximum atomic E-state index is 2.36. The van der Waals surface area contributed by atoms with E-state index in [1.807, 2.05) is 0 Å². The molecule has 0 aliphatic rings. The molecule has 0 saturated heterocycles. The standard InChI is InChI=1S/C15H24.Li.H/c1-10(2)13-7-14(11(3)4)9-15(8-13)12(5)6;;/h7-12H,1-6H3;;. The second kappa shape index (κ2) is 6.53. The van der Waals surface area contributed by atoms with Crippen LogP contribution in [0.15, 0.2) is 18.2 Å². The first kappa shape index (κ1) is 15.8. The summed E-state index contributed by atoms with van der Waals surface area (Å²) < 4.78 is 0. The van der Waals surface area contributed by atoms with Crippen LogP contribution in [-0.4, -0.2) is 18.9 Å². The first-order valence-electron chi connectivity index (χ1n) is 6.06. The predicted octanol–water partition coefficient (Wildman–Crippen LogP) is 4.41. The molecule has 0 bridgehead atoms. The zero-order valence-electron chi connectivity index (χ0n) is 11.0. The molecule has 1 aromatic rings. The molecule has 1 aromatic carbocycles. The first-order chi connectivity index (χ1) is 6.91. The molecule has 0 aliphatic carbocycles. The molecule has 0 nitrogen and oxygen atoms in total. The van der Waals surface area contributed by atoms with Gasteiger partial charge in [-0.25, -0.2) is 0 Å². The molecule has 0 saturated carbocycles. The van der Waals surface area contributed by atoms with E-state index in [0.29, 0.717) is 17.8 Å². The SMILES string of the molecule is CC(C)c1cc(C(C)C)cc(C(C)C)c1.[LiH]. The molecule has 0 aliphatic heterocycles. The van der Waals surface area contributed by atoms with E-state index in [-0.39, 0.29) is 18.9 Å². The molecular weight excluding hydrogens is 187 g/mol. The summed E-state index contributed by atoms with van der Waals surface area (Å²) in [5, 5.41) is 0. The fourth-order valence-electron chi connectivity index (χ4n) is 1.70. The van der Waals surface area contributed by atoms with Gasteiger partial charge in [0, 0.05) is 0 Å². The molecule has 1 heteroatoms. The van der Waals surface area contributed by atoms with Gasteiger partial charge in [-0.2, -0.15) is 0 Å². The van der Waals surface area contributed by atoms with Crippen LogP contribution in [0.4, 0.5) is 0 Å². The van der Waals surface area contributed by atoms with Crippen LogP contribution in [0.1, 0.15) is 76.0 Å². The van der Waals surface area contributed by atoms with Crippen LogP contribution in [0.25, 0.3) is 0 Å². The predicted molar refractivity (Wildman–Crippen MR) is 75.9 cm³/mol. The Morgan fingerprint density at radius 2 is 0.750 bits per heavy atom. The Bertz CT molecular complexity index is 259. The van der Waals surface area contributed by atoms with Crippen LogP contribution in [0.2, 0.25) is 0 Å². The van der Waals surface area contributed by atoms with E-state index < -0.39 is 0 Å². The maximum absolute atomic E-state index is 2.36. The molecule has 16 heavy (non-hydrogen) atoms. The second-order valence-electron chi connectivity index (χ2n) is 5.40. The van der Waals surface area contributed by atoms with Crippen LogP contribution in [0, 0.1) is 0 Å². The molecule has 0 aromatic heterocycles. The normalized spacial score (nSPS) is 11.1. The number of rotatable bonds is 3. The van der Waals surface area contributed by atoms with Gasteiger partial charge < -0.3 is 0 Å².